The van der Waals surface area contributed by atoms with Crippen LogP contribution in [0.25, 0.3) is 5.69 Å². The molecule has 1 N–H and O–H groups in total. The summed E-state index contributed by atoms with van der Waals surface area (Å²) in [7, 11) is 0. The largest absolute Gasteiger partial charge is 0.325 e. The number of carbonyl (C=O) groups is 1. The molecule has 0 spiro atoms. The summed E-state index contributed by atoms with van der Waals surface area (Å²) < 4.78 is 1.61. The van der Waals surface area contributed by atoms with E-state index in [1.165, 1.54) is 11.8 Å². The van der Waals surface area contributed by atoms with E-state index < -0.39 is 0 Å². The number of nitrogens with zero attached hydrogens (tertiary/aromatic N) is 2. The van der Waals surface area contributed by atoms with E-state index in [4.69, 9.17) is 16.6 Å². The molecule has 0 aliphatic carbocycles. The van der Waals surface area contributed by atoms with Gasteiger partial charge < -0.3 is 5.32 Å². The van der Waals surface area contributed by atoms with E-state index in [0.717, 1.165) is 29.1 Å². The minimum absolute atomic E-state index is 0.0703. The highest BCUT2D eigenvalue weighted by atomic mass is 35.5. The molecule has 0 fully saturated rings. The summed E-state index contributed by atoms with van der Waals surface area (Å²) in [5.41, 5.74) is 3.25. The summed E-state index contributed by atoms with van der Waals surface area (Å²) in [5, 5.41) is 3.91. The smallest absolute Gasteiger partial charge is 0.272 e. The molecule has 1 amide bonds. The van der Waals surface area contributed by atoms with Crippen molar-refractivity contribution < 1.29 is 4.79 Å². The monoisotopic (exact) mass is 443 g/mol. The Morgan fingerprint density at radius 2 is 2.07 bits per heavy atom. The molecule has 0 unspecified atom stereocenters. The number of fused-ring (bicyclic) bond motifs is 1. The number of anilines is 1. The van der Waals surface area contributed by atoms with Gasteiger partial charge in [0, 0.05) is 22.9 Å². The number of rotatable bonds is 5. The summed E-state index contributed by atoms with van der Waals surface area (Å²) in [6, 6.07) is 14.7. The third-order valence-corrected chi connectivity index (χ3v) is 6.68. The van der Waals surface area contributed by atoms with Gasteiger partial charge in [-0.2, -0.15) is 0 Å². The number of aryl methyl sites for hydroxylation is 2. The summed E-state index contributed by atoms with van der Waals surface area (Å²) in [5.74, 6) is 0.808. The minimum atomic E-state index is -0.183. The maximum absolute atomic E-state index is 13.1. The second kappa shape index (κ2) is 8.65. The summed E-state index contributed by atoms with van der Waals surface area (Å²) in [6.45, 7) is 2.00. The number of amides is 1. The minimum Gasteiger partial charge on any atom is -0.325 e. The zero-order valence-electron chi connectivity index (χ0n) is 15.6. The van der Waals surface area contributed by atoms with E-state index in [1.54, 1.807) is 40.6 Å². The van der Waals surface area contributed by atoms with Gasteiger partial charge in [0.05, 0.1) is 22.0 Å². The van der Waals surface area contributed by atoms with Crippen molar-refractivity contribution in [3.8, 4) is 5.69 Å². The fourth-order valence-electron chi connectivity index (χ4n) is 3.00. The lowest BCUT2D eigenvalue weighted by atomic mass is 10.2. The number of benzene rings is 2. The Bertz CT molecular complexity index is 1130. The van der Waals surface area contributed by atoms with Crippen molar-refractivity contribution in [1.29, 1.82) is 0 Å². The number of aromatic nitrogens is 2. The van der Waals surface area contributed by atoms with Crippen LogP contribution in [0, 0.1) is 6.92 Å². The van der Waals surface area contributed by atoms with Crippen LogP contribution in [0.3, 0.4) is 0 Å². The highest BCUT2D eigenvalue weighted by molar-refractivity contribution is 8.00. The van der Waals surface area contributed by atoms with Crippen LogP contribution in [-0.4, -0.2) is 27.0 Å². The first-order valence-electron chi connectivity index (χ1n) is 9.05. The Kier molecular flexibility index (Phi) is 5.99. The van der Waals surface area contributed by atoms with Crippen molar-refractivity contribution in [2.45, 2.75) is 23.4 Å². The van der Waals surface area contributed by atoms with E-state index >= 15 is 0 Å². The van der Waals surface area contributed by atoms with Crippen molar-refractivity contribution in [2.75, 3.05) is 16.8 Å². The molecular formula is C21H18ClN3O2S2. The fourth-order valence-corrected chi connectivity index (χ4v) is 5.05. The maximum atomic E-state index is 13.1. The van der Waals surface area contributed by atoms with Gasteiger partial charge in [-0.3, -0.25) is 14.2 Å². The third-order valence-electron chi connectivity index (χ3n) is 4.40. The molecule has 0 radical (unpaired) electrons. The van der Waals surface area contributed by atoms with Crippen molar-refractivity contribution in [2.24, 2.45) is 0 Å². The van der Waals surface area contributed by atoms with Crippen LogP contribution in [-0.2, 0) is 11.2 Å². The second-order valence-electron chi connectivity index (χ2n) is 6.59. The summed E-state index contributed by atoms with van der Waals surface area (Å²) in [4.78, 5) is 30.9. The molecule has 0 atom stereocenters. The van der Waals surface area contributed by atoms with Gasteiger partial charge in [-0.05, 0) is 37.3 Å². The quantitative estimate of drug-likeness (QED) is 0.462. The van der Waals surface area contributed by atoms with E-state index in [1.807, 2.05) is 31.2 Å². The normalized spacial score (nSPS) is 12.6. The fraction of sp³-hybridized carbons (Fsp3) is 0.190. The first-order chi connectivity index (χ1) is 14.0. The Morgan fingerprint density at radius 3 is 2.83 bits per heavy atom. The molecule has 148 valence electrons. The van der Waals surface area contributed by atoms with Gasteiger partial charge in [-0.25, -0.2) is 4.98 Å². The second-order valence-corrected chi connectivity index (χ2v) is 9.08. The molecule has 2 heterocycles. The maximum Gasteiger partial charge on any atom is 0.272 e. The van der Waals surface area contributed by atoms with Crippen LogP contribution < -0.4 is 10.9 Å². The van der Waals surface area contributed by atoms with E-state index in [-0.39, 0.29) is 17.2 Å². The molecule has 2 aromatic carbocycles. The number of halogens is 1. The van der Waals surface area contributed by atoms with Crippen LogP contribution in [0.2, 0.25) is 5.02 Å². The van der Waals surface area contributed by atoms with Crippen LogP contribution in [0.15, 0.2) is 63.4 Å². The standard InChI is InChI=1S/C21H18ClN3O2S2/c1-13-5-7-16(8-6-13)25-20(27)19-17(9-10-28-19)24-21(25)29-12-18(26)23-15-4-2-3-14(22)11-15/h2-8,11H,9-10,12H2,1H3,(H,23,26). The molecule has 0 saturated carbocycles. The van der Waals surface area contributed by atoms with E-state index in [9.17, 15) is 9.59 Å². The summed E-state index contributed by atoms with van der Waals surface area (Å²) >= 11 is 8.77. The lowest BCUT2D eigenvalue weighted by Gasteiger charge is -2.14. The SMILES string of the molecule is Cc1ccc(-n2c(SCC(=O)Nc3cccc(Cl)c3)nc3c(c2=O)SCC3)cc1. The molecular weight excluding hydrogens is 426 g/mol. The van der Waals surface area contributed by atoms with Crippen LogP contribution in [0.1, 0.15) is 11.3 Å². The predicted octanol–water partition coefficient (Wildman–Crippen LogP) is 4.57. The molecule has 4 rings (SSSR count). The molecule has 1 aromatic heterocycles. The molecule has 5 nitrogen and oxygen atoms in total. The van der Waals surface area contributed by atoms with Crippen molar-refractivity contribution >= 4 is 46.7 Å². The zero-order valence-corrected chi connectivity index (χ0v) is 18.0. The number of nitrogens with one attached hydrogen (secondary N) is 1. The van der Waals surface area contributed by atoms with Crippen molar-refractivity contribution in [1.82, 2.24) is 9.55 Å². The highest BCUT2D eigenvalue weighted by Crippen LogP contribution is 2.30. The van der Waals surface area contributed by atoms with Crippen LogP contribution >= 0.6 is 35.1 Å². The van der Waals surface area contributed by atoms with Crippen LogP contribution in [0.4, 0.5) is 5.69 Å². The molecule has 0 bridgehead atoms. The summed E-state index contributed by atoms with van der Waals surface area (Å²) in [6.07, 6.45) is 0.770. The first-order valence-corrected chi connectivity index (χ1v) is 11.4. The van der Waals surface area contributed by atoms with Gasteiger partial charge in [-0.1, -0.05) is 47.1 Å². The molecule has 8 heteroatoms. The number of hydrogen-bond acceptors (Lipinski definition) is 5. The lowest BCUT2D eigenvalue weighted by molar-refractivity contribution is -0.113. The Balaban J connectivity index is 1.61. The highest BCUT2D eigenvalue weighted by Gasteiger charge is 2.23. The molecule has 1 aliphatic rings. The zero-order chi connectivity index (χ0) is 20.4. The lowest BCUT2D eigenvalue weighted by Crippen LogP contribution is -2.24. The van der Waals surface area contributed by atoms with Gasteiger partial charge in [-0.15, -0.1) is 11.8 Å². The molecule has 1 aliphatic heterocycles. The third kappa shape index (κ3) is 4.52. The number of hydrogen-bond donors (Lipinski definition) is 1. The Hall–Kier alpha value is -2.22. The molecule has 29 heavy (non-hydrogen) atoms. The average molecular weight is 444 g/mol. The van der Waals surface area contributed by atoms with Crippen LogP contribution in [0.5, 0.6) is 0 Å². The van der Waals surface area contributed by atoms with Crippen molar-refractivity contribution in [3.05, 3.63) is 75.2 Å². The average Bonchev–Trinajstić information content (AvgIpc) is 3.16. The van der Waals surface area contributed by atoms with Gasteiger partial charge in [0.1, 0.15) is 0 Å². The van der Waals surface area contributed by atoms with Gasteiger partial charge in [0.15, 0.2) is 5.16 Å². The molecule has 0 saturated heterocycles. The number of carbonyl (C=O) groups excluding carboxylic acids is 1. The van der Waals surface area contributed by atoms with E-state index in [2.05, 4.69) is 5.32 Å². The van der Waals surface area contributed by atoms with Gasteiger partial charge in [0.2, 0.25) is 5.91 Å². The predicted molar refractivity (Wildman–Crippen MR) is 120 cm³/mol. The topological polar surface area (TPSA) is 64.0 Å². The van der Waals surface area contributed by atoms with Gasteiger partial charge in [0.25, 0.3) is 5.56 Å². The Morgan fingerprint density at radius 1 is 1.28 bits per heavy atom. The number of thioether (sulfide) groups is 2. The van der Waals surface area contributed by atoms with E-state index in [0.29, 0.717) is 20.8 Å². The Labute approximate surface area is 181 Å². The van der Waals surface area contributed by atoms with Crippen molar-refractivity contribution in [3.63, 3.8) is 0 Å². The van der Waals surface area contributed by atoms with Gasteiger partial charge >= 0.3 is 0 Å². The molecule has 3 aromatic rings. The first kappa shape index (κ1) is 20.1.